The first-order valence-corrected chi connectivity index (χ1v) is 7.08. The van der Waals surface area contributed by atoms with Crippen molar-refractivity contribution in [3.05, 3.63) is 34.9 Å². The monoisotopic (exact) mass is 274 g/mol. The lowest BCUT2D eigenvalue weighted by Crippen LogP contribution is -2.06. The number of rotatable bonds is 8. The third kappa shape index (κ3) is 5.76. The molecule has 0 aliphatic carbocycles. The topological polar surface area (TPSA) is 9.23 Å². The molecule has 0 spiro atoms. The van der Waals surface area contributed by atoms with E-state index in [1.807, 2.05) is 24.3 Å². The van der Waals surface area contributed by atoms with Crippen LogP contribution in [0.2, 0.25) is 5.02 Å². The van der Waals surface area contributed by atoms with Crippen molar-refractivity contribution in [1.82, 2.24) is 0 Å². The first-order valence-electron chi connectivity index (χ1n) is 6.17. The van der Waals surface area contributed by atoms with Crippen molar-refractivity contribution in [2.24, 2.45) is 0 Å². The van der Waals surface area contributed by atoms with Crippen molar-refractivity contribution in [2.75, 3.05) is 19.1 Å². The molecule has 0 amide bonds. The standard InChI is InChI=1S/C14H20Cl2O/c1-2-3-9-17-10-8-13(11-15)12-4-6-14(16)7-5-12/h4-7,13H,2-3,8-11H2,1H3. The Bertz CT molecular complexity index is 298. The maximum Gasteiger partial charge on any atom is 0.0472 e. The van der Waals surface area contributed by atoms with Crippen LogP contribution in [0, 0.1) is 0 Å². The summed E-state index contributed by atoms with van der Waals surface area (Å²) in [6.45, 7) is 3.80. The van der Waals surface area contributed by atoms with Gasteiger partial charge in [-0.1, -0.05) is 37.1 Å². The van der Waals surface area contributed by atoms with E-state index in [1.165, 1.54) is 12.0 Å². The van der Waals surface area contributed by atoms with Crippen molar-refractivity contribution >= 4 is 23.2 Å². The van der Waals surface area contributed by atoms with Crippen LogP contribution < -0.4 is 0 Å². The molecule has 0 aliphatic heterocycles. The molecule has 0 aliphatic rings. The zero-order valence-corrected chi connectivity index (χ0v) is 11.8. The normalized spacial score (nSPS) is 12.6. The fourth-order valence-electron chi connectivity index (χ4n) is 1.64. The Morgan fingerprint density at radius 1 is 1.18 bits per heavy atom. The molecule has 3 heteroatoms. The molecular weight excluding hydrogens is 255 g/mol. The van der Waals surface area contributed by atoms with Gasteiger partial charge in [0.15, 0.2) is 0 Å². The minimum atomic E-state index is 0.357. The summed E-state index contributed by atoms with van der Waals surface area (Å²) in [6.07, 6.45) is 3.28. The molecule has 1 unspecified atom stereocenters. The van der Waals surface area contributed by atoms with Crippen molar-refractivity contribution in [1.29, 1.82) is 0 Å². The minimum absolute atomic E-state index is 0.357. The van der Waals surface area contributed by atoms with Crippen LogP contribution in [0.1, 0.15) is 37.7 Å². The van der Waals surface area contributed by atoms with Gasteiger partial charge in [-0.2, -0.15) is 0 Å². The minimum Gasteiger partial charge on any atom is -0.381 e. The molecule has 1 aromatic carbocycles. The first kappa shape index (κ1) is 14.8. The quantitative estimate of drug-likeness (QED) is 0.486. The molecule has 1 nitrogen and oxygen atoms in total. The van der Waals surface area contributed by atoms with Crippen LogP contribution in [0.4, 0.5) is 0 Å². The molecule has 0 radical (unpaired) electrons. The molecule has 0 saturated heterocycles. The highest BCUT2D eigenvalue weighted by Crippen LogP contribution is 2.23. The van der Waals surface area contributed by atoms with E-state index in [9.17, 15) is 0 Å². The van der Waals surface area contributed by atoms with Crippen LogP contribution in [0.25, 0.3) is 0 Å². The number of benzene rings is 1. The molecule has 96 valence electrons. The number of alkyl halides is 1. The summed E-state index contributed by atoms with van der Waals surface area (Å²) in [4.78, 5) is 0. The zero-order chi connectivity index (χ0) is 12.5. The van der Waals surface area contributed by atoms with Crippen LogP contribution >= 0.6 is 23.2 Å². The van der Waals surface area contributed by atoms with Gasteiger partial charge in [0.05, 0.1) is 0 Å². The summed E-state index contributed by atoms with van der Waals surface area (Å²) in [7, 11) is 0. The maximum absolute atomic E-state index is 5.99. The smallest absolute Gasteiger partial charge is 0.0472 e. The second-order valence-corrected chi connectivity index (χ2v) is 4.90. The van der Waals surface area contributed by atoms with Crippen LogP contribution in [-0.2, 0) is 4.74 Å². The van der Waals surface area contributed by atoms with Crippen LogP contribution in [0.5, 0.6) is 0 Å². The van der Waals surface area contributed by atoms with Crippen molar-refractivity contribution in [3.63, 3.8) is 0 Å². The average molecular weight is 275 g/mol. The van der Waals surface area contributed by atoms with Gasteiger partial charge in [-0.05, 0) is 36.5 Å². The third-order valence-electron chi connectivity index (χ3n) is 2.78. The van der Waals surface area contributed by atoms with E-state index in [0.29, 0.717) is 11.8 Å². The fraction of sp³-hybridized carbons (Fsp3) is 0.571. The number of halogens is 2. The molecule has 0 N–H and O–H groups in total. The zero-order valence-electron chi connectivity index (χ0n) is 10.3. The van der Waals surface area contributed by atoms with E-state index in [4.69, 9.17) is 27.9 Å². The van der Waals surface area contributed by atoms with Gasteiger partial charge in [0.2, 0.25) is 0 Å². The van der Waals surface area contributed by atoms with Crippen molar-refractivity contribution in [2.45, 2.75) is 32.1 Å². The van der Waals surface area contributed by atoms with Crippen molar-refractivity contribution < 1.29 is 4.74 Å². The summed E-state index contributed by atoms with van der Waals surface area (Å²) in [5.41, 5.74) is 1.24. The lowest BCUT2D eigenvalue weighted by atomic mass is 9.98. The Morgan fingerprint density at radius 2 is 1.88 bits per heavy atom. The summed E-state index contributed by atoms with van der Waals surface area (Å²) >= 11 is 11.9. The molecule has 0 heterocycles. The highest BCUT2D eigenvalue weighted by atomic mass is 35.5. The SMILES string of the molecule is CCCCOCCC(CCl)c1ccc(Cl)cc1. The molecule has 17 heavy (non-hydrogen) atoms. The second kappa shape index (κ2) is 8.79. The largest absolute Gasteiger partial charge is 0.381 e. The molecule has 1 aromatic rings. The van der Waals surface area contributed by atoms with E-state index in [-0.39, 0.29) is 0 Å². The van der Waals surface area contributed by atoms with E-state index in [1.54, 1.807) is 0 Å². The number of hydrogen-bond acceptors (Lipinski definition) is 1. The van der Waals surface area contributed by atoms with E-state index in [0.717, 1.165) is 31.1 Å². The molecule has 0 fully saturated rings. The van der Waals surface area contributed by atoms with Gasteiger partial charge in [0.25, 0.3) is 0 Å². The Kier molecular flexibility index (Phi) is 7.67. The van der Waals surface area contributed by atoms with Crippen LogP contribution in [0.15, 0.2) is 24.3 Å². The molecule has 1 atom stereocenters. The van der Waals surface area contributed by atoms with Crippen molar-refractivity contribution in [3.8, 4) is 0 Å². The first-order chi connectivity index (χ1) is 8.27. The fourth-order valence-corrected chi connectivity index (χ4v) is 2.10. The summed E-state index contributed by atoms with van der Waals surface area (Å²) < 4.78 is 5.57. The molecule has 0 aromatic heterocycles. The Balaban J connectivity index is 2.35. The van der Waals surface area contributed by atoms with E-state index < -0.39 is 0 Å². The summed E-state index contributed by atoms with van der Waals surface area (Å²) in [5, 5.41) is 0.765. The van der Waals surface area contributed by atoms with Gasteiger partial charge >= 0.3 is 0 Å². The van der Waals surface area contributed by atoms with E-state index >= 15 is 0 Å². The number of unbranched alkanes of at least 4 members (excludes halogenated alkanes) is 1. The van der Waals surface area contributed by atoms with Gasteiger partial charge in [-0.15, -0.1) is 11.6 Å². The maximum atomic E-state index is 5.99. The average Bonchev–Trinajstić information content (AvgIpc) is 2.35. The van der Waals surface area contributed by atoms with Gasteiger partial charge < -0.3 is 4.74 Å². The molecule has 1 rings (SSSR count). The predicted molar refractivity (Wildman–Crippen MR) is 75.3 cm³/mol. The lowest BCUT2D eigenvalue weighted by Gasteiger charge is -2.14. The number of ether oxygens (including phenoxy) is 1. The second-order valence-electron chi connectivity index (χ2n) is 4.16. The number of hydrogen-bond donors (Lipinski definition) is 0. The Morgan fingerprint density at radius 3 is 2.47 bits per heavy atom. The molecule has 0 saturated carbocycles. The predicted octanol–water partition coefficient (Wildman–Crippen LogP) is 4.87. The van der Waals surface area contributed by atoms with Crippen LogP contribution in [0.3, 0.4) is 0 Å². The van der Waals surface area contributed by atoms with Gasteiger partial charge in [-0.3, -0.25) is 0 Å². The highest BCUT2D eigenvalue weighted by molar-refractivity contribution is 6.30. The molecular formula is C14H20Cl2O. The van der Waals surface area contributed by atoms with Gasteiger partial charge in [0.1, 0.15) is 0 Å². The van der Waals surface area contributed by atoms with Crippen LogP contribution in [-0.4, -0.2) is 19.1 Å². The molecule has 0 bridgehead atoms. The third-order valence-corrected chi connectivity index (χ3v) is 3.41. The summed E-state index contributed by atoms with van der Waals surface area (Å²) in [6, 6.07) is 7.91. The van der Waals surface area contributed by atoms with Gasteiger partial charge in [-0.25, -0.2) is 0 Å². The Hall–Kier alpha value is -0.240. The lowest BCUT2D eigenvalue weighted by molar-refractivity contribution is 0.125. The Labute approximate surface area is 114 Å². The van der Waals surface area contributed by atoms with Gasteiger partial charge in [0, 0.05) is 24.1 Å². The summed E-state index contributed by atoms with van der Waals surface area (Å²) in [5.74, 6) is 0.981. The van der Waals surface area contributed by atoms with E-state index in [2.05, 4.69) is 6.92 Å². The highest BCUT2D eigenvalue weighted by Gasteiger charge is 2.09.